The Morgan fingerprint density at radius 1 is 1.23 bits per heavy atom. The summed E-state index contributed by atoms with van der Waals surface area (Å²) in [6, 6.07) is 6.62. The van der Waals surface area contributed by atoms with Gasteiger partial charge in [0, 0.05) is 24.4 Å². The fourth-order valence-corrected chi connectivity index (χ4v) is 3.26. The van der Waals surface area contributed by atoms with Crippen LogP contribution in [0.5, 0.6) is 0 Å². The Morgan fingerprint density at radius 2 is 1.96 bits per heavy atom. The van der Waals surface area contributed by atoms with Gasteiger partial charge in [0.1, 0.15) is 5.83 Å². The minimum absolute atomic E-state index is 0.350. The predicted octanol–water partition coefficient (Wildman–Crippen LogP) is 5.53. The summed E-state index contributed by atoms with van der Waals surface area (Å²) in [5.41, 5.74) is 4.45. The number of rotatable bonds is 5. The van der Waals surface area contributed by atoms with Crippen molar-refractivity contribution < 1.29 is 14.3 Å². The van der Waals surface area contributed by atoms with Crippen molar-refractivity contribution in [3.8, 4) is 0 Å². The van der Waals surface area contributed by atoms with Gasteiger partial charge >= 0.3 is 5.97 Å². The van der Waals surface area contributed by atoms with Crippen LogP contribution in [0.2, 0.25) is 0 Å². The Bertz CT molecular complexity index is 759. The molecule has 140 valence electrons. The third-order valence-corrected chi connectivity index (χ3v) is 4.74. The van der Waals surface area contributed by atoms with Gasteiger partial charge in [-0.3, -0.25) is 0 Å². The quantitative estimate of drug-likeness (QED) is 0.557. The van der Waals surface area contributed by atoms with Crippen molar-refractivity contribution >= 4 is 17.2 Å². The van der Waals surface area contributed by atoms with Crippen LogP contribution in [0.25, 0.3) is 5.57 Å². The Labute approximate surface area is 155 Å². The highest BCUT2D eigenvalue weighted by Crippen LogP contribution is 2.31. The standard InChI is InChI=1S/C22H28FNO2/c1-15(2)24-12-6-5-7-19-14-18(9-11-21(19)24)17(4)20(23)10-8-16(3)13-22(25)26/h8-11,13-15H,5-7,12H2,1-4H3,(H,25,26). The summed E-state index contributed by atoms with van der Waals surface area (Å²) in [4.78, 5) is 13.0. The molecule has 1 aromatic carbocycles. The minimum Gasteiger partial charge on any atom is -0.478 e. The summed E-state index contributed by atoms with van der Waals surface area (Å²) >= 11 is 0. The number of hydrogen-bond acceptors (Lipinski definition) is 2. The van der Waals surface area contributed by atoms with Gasteiger partial charge in [-0.05, 0) is 87.4 Å². The number of carboxylic acid groups (broad SMARTS) is 1. The van der Waals surface area contributed by atoms with Crippen molar-refractivity contribution in [2.24, 2.45) is 0 Å². The van der Waals surface area contributed by atoms with E-state index in [0.29, 0.717) is 17.2 Å². The second kappa shape index (κ2) is 8.84. The molecule has 0 saturated carbocycles. The normalized spacial score (nSPS) is 16.5. The first-order valence-electron chi connectivity index (χ1n) is 9.15. The monoisotopic (exact) mass is 357 g/mol. The average molecular weight is 357 g/mol. The Hall–Kier alpha value is -2.36. The molecule has 1 aliphatic heterocycles. The first kappa shape index (κ1) is 20.0. The fourth-order valence-electron chi connectivity index (χ4n) is 3.26. The molecule has 1 aliphatic rings. The van der Waals surface area contributed by atoms with Crippen molar-refractivity contribution in [1.29, 1.82) is 0 Å². The molecule has 0 fully saturated rings. The maximum absolute atomic E-state index is 14.5. The number of carbonyl (C=O) groups is 1. The van der Waals surface area contributed by atoms with E-state index in [1.165, 1.54) is 29.8 Å². The molecule has 0 saturated heterocycles. The summed E-state index contributed by atoms with van der Waals surface area (Å²) in [6.07, 6.45) is 7.19. The summed E-state index contributed by atoms with van der Waals surface area (Å²) in [7, 11) is 0. The van der Waals surface area contributed by atoms with Gasteiger partial charge in [0.25, 0.3) is 0 Å². The van der Waals surface area contributed by atoms with Crippen molar-refractivity contribution in [3.63, 3.8) is 0 Å². The van der Waals surface area contributed by atoms with Gasteiger partial charge in [-0.15, -0.1) is 0 Å². The fraction of sp³-hybridized carbons (Fsp3) is 0.409. The Balaban J connectivity index is 2.32. The molecule has 2 rings (SSSR count). The lowest BCUT2D eigenvalue weighted by Gasteiger charge is -2.29. The number of aliphatic carboxylic acids is 1. The van der Waals surface area contributed by atoms with E-state index in [1.54, 1.807) is 13.8 Å². The van der Waals surface area contributed by atoms with Crippen LogP contribution in [0.15, 0.2) is 47.8 Å². The van der Waals surface area contributed by atoms with E-state index in [1.807, 2.05) is 6.07 Å². The highest BCUT2D eigenvalue weighted by Gasteiger charge is 2.18. The Kier molecular flexibility index (Phi) is 6.78. The number of halogens is 1. The van der Waals surface area contributed by atoms with E-state index in [2.05, 4.69) is 30.9 Å². The maximum atomic E-state index is 14.5. The van der Waals surface area contributed by atoms with Crippen LogP contribution in [0.3, 0.4) is 0 Å². The molecule has 1 N–H and O–H groups in total. The molecule has 0 amide bonds. The van der Waals surface area contributed by atoms with Crippen LogP contribution in [-0.2, 0) is 11.2 Å². The van der Waals surface area contributed by atoms with Gasteiger partial charge in [0.15, 0.2) is 0 Å². The first-order chi connectivity index (χ1) is 12.3. The molecule has 0 aromatic heterocycles. The molecule has 0 atom stereocenters. The number of nitrogens with zero attached hydrogens (tertiary/aromatic N) is 1. The number of carboxylic acids is 1. The van der Waals surface area contributed by atoms with Crippen LogP contribution in [0.4, 0.5) is 10.1 Å². The van der Waals surface area contributed by atoms with Crippen LogP contribution in [0.1, 0.15) is 51.7 Å². The third-order valence-electron chi connectivity index (χ3n) is 4.74. The van der Waals surface area contributed by atoms with Crippen molar-refractivity contribution in [2.75, 3.05) is 11.4 Å². The number of hydrogen-bond donors (Lipinski definition) is 1. The zero-order chi connectivity index (χ0) is 19.3. The van der Waals surface area contributed by atoms with E-state index < -0.39 is 5.97 Å². The van der Waals surface area contributed by atoms with E-state index in [-0.39, 0.29) is 5.83 Å². The lowest BCUT2D eigenvalue weighted by atomic mass is 9.99. The summed E-state index contributed by atoms with van der Waals surface area (Å²) in [6.45, 7) is 8.85. The van der Waals surface area contributed by atoms with Crippen molar-refractivity contribution in [3.05, 3.63) is 59.0 Å². The number of anilines is 1. The van der Waals surface area contributed by atoms with Crippen molar-refractivity contribution in [2.45, 2.75) is 53.0 Å². The SMILES string of the molecule is CC(C=CC(F)=C(C)c1ccc2c(c1)CCCCN2C(C)C)=CC(=O)O. The van der Waals surface area contributed by atoms with Gasteiger partial charge in [-0.25, -0.2) is 9.18 Å². The maximum Gasteiger partial charge on any atom is 0.328 e. The molecule has 0 aliphatic carbocycles. The number of fused-ring (bicyclic) bond motifs is 1. The van der Waals surface area contributed by atoms with Crippen LogP contribution >= 0.6 is 0 Å². The second-order valence-electron chi connectivity index (χ2n) is 7.12. The first-order valence-corrected chi connectivity index (χ1v) is 9.15. The van der Waals surface area contributed by atoms with E-state index in [9.17, 15) is 9.18 Å². The van der Waals surface area contributed by atoms with Gasteiger partial charge < -0.3 is 10.0 Å². The van der Waals surface area contributed by atoms with Gasteiger partial charge in [0.05, 0.1) is 0 Å². The molecule has 0 spiro atoms. The molecule has 26 heavy (non-hydrogen) atoms. The number of allylic oxidation sites excluding steroid dienone is 5. The molecular weight excluding hydrogens is 329 g/mol. The van der Waals surface area contributed by atoms with Crippen LogP contribution < -0.4 is 4.90 Å². The Morgan fingerprint density at radius 3 is 2.62 bits per heavy atom. The lowest BCUT2D eigenvalue weighted by molar-refractivity contribution is -0.131. The van der Waals surface area contributed by atoms with Crippen LogP contribution in [-0.4, -0.2) is 23.7 Å². The number of aryl methyl sites for hydroxylation is 1. The summed E-state index contributed by atoms with van der Waals surface area (Å²) < 4.78 is 14.5. The van der Waals surface area contributed by atoms with E-state index >= 15 is 0 Å². The van der Waals surface area contributed by atoms with E-state index in [0.717, 1.165) is 31.0 Å². The van der Waals surface area contributed by atoms with Crippen LogP contribution in [0, 0.1) is 0 Å². The highest BCUT2D eigenvalue weighted by atomic mass is 19.1. The smallest absolute Gasteiger partial charge is 0.328 e. The number of benzene rings is 1. The molecular formula is C22H28FNO2. The second-order valence-corrected chi connectivity index (χ2v) is 7.12. The third kappa shape index (κ3) is 5.07. The lowest BCUT2D eigenvalue weighted by Crippen LogP contribution is -2.31. The molecule has 0 radical (unpaired) electrons. The minimum atomic E-state index is -1.03. The van der Waals surface area contributed by atoms with Crippen molar-refractivity contribution in [1.82, 2.24) is 0 Å². The molecule has 1 heterocycles. The molecule has 4 heteroatoms. The molecule has 1 aromatic rings. The zero-order valence-electron chi connectivity index (χ0n) is 16.1. The molecule has 0 unspecified atom stereocenters. The summed E-state index contributed by atoms with van der Waals surface area (Å²) in [5.74, 6) is -1.38. The molecule has 3 nitrogen and oxygen atoms in total. The topological polar surface area (TPSA) is 40.5 Å². The van der Waals surface area contributed by atoms with Gasteiger partial charge in [-0.2, -0.15) is 0 Å². The highest BCUT2D eigenvalue weighted by molar-refractivity contribution is 5.81. The summed E-state index contributed by atoms with van der Waals surface area (Å²) in [5, 5.41) is 8.71. The molecule has 0 bridgehead atoms. The average Bonchev–Trinajstić information content (AvgIpc) is 2.80. The predicted molar refractivity (Wildman–Crippen MR) is 106 cm³/mol. The zero-order valence-corrected chi connectivity index (χ0v) is 16.1. The largest absolute Gasteiger partial charge is 0.478 e. The van der Waals surface area contributed by atoms with Gasteiger partial charge in [0.2, 0.25) is 0 Å². The van der Waals surface area contributed by atoms with Gasteiger partial charge in [-0.1, -0.05) is 12.1 Å². The van der Waals surface area contributed by atoms with E-state index in [4.69, 9.17) is 5.11 Å².